The van der Waals surface area contributed by atoms with Gasteiger partial charge in [-0.2, -0.15) is 0 Å². The molecule has 0 aliphatic heterocycles. The Morgan fingerprint density at radius 3 is 2.72 bits per heavy atom. The second-order valence-electron chi connectivity index (χ2n) is 6.44. The highest BCUT2D eigenvalue weighted by atomic mass is 19.4. The molecule has 1 amide bonds. The summed E-state index contributed by atoms with van der Waals surface area (Å²) in [5, 5.41) is 12.1. The van der Waals surface area contributed by atoms with Crippen LogP contribution in [0.4, 0.5) is 18.9 Å². The summed E-state index contributed by atoms with van der Waals surface area (Å²) in [5.74, 6) is -0.444. The average Bonchev–Trinajstić information content (AvgIpc) is 3.16. The Balaban J connectivity index is 1.51. The maximum Gasteiger partial charge on any atom is 0.573 e. The van der Waals surface area contributed by atoms with Crippen molar-refractivity contribution in [3.05, 3.63) is 72.4 Å². The molecule has 4 rings (SSSR count). The number of ether oxygens (including phenoxy) is 2. The molecule has 0 fully saturated rings. The largest absolute Gasteiger partial charge is 0.573 e. The monoisotopic (exact) mass is 445 g/mol. The Kier molecular flexibility index (Phi) is 5.65. The molecule has 164 valence electrons. The number of aromatic nitrogens is 2. The molecular formula is C21H14F3N3O5. The van der Waals surface area contributed by atoms with E-state index in [9.17, 15) is 18.0 Å². The molecule has 0 saturated carbocycles. The predicted molar refractivity (Wildman–Crippen MR) is 105 cm³/mol. The number of furan rings is 1. The summed E-state index contributed by atoms with van der Waals surface area (Å²) in [6.45, 7) is -0.264. The highest BCUT2D eigenvalue weighted by molar-refractivity contribution is 6.12. The van der Waals surface area contributed by atoms with Gasteiger partial charge in [0.15, 0.2) is 0 Å². The first kappa shape index (κ1) is 21.1. The molecule has 0 unspecified atom stereocenters. The van der Waals surface area contributed by atoms with Crippen molar-refractivity contribution in [3.8, 4) is 17.4 Å². The van der Waals surface area contributed by atoms with E-state index in [0.29, 0.717) is 22.4 Å². The molecule has 2 aromatic carbocycles. The zero-order valence-electron chi connectivity index (χ0n) is 16.1. The van der Waals surface area contributed by atoms with Crippen molar-refractivity contribution < 1.29 is 37.0 Å². The van der Waals surface area contributed by atoms with Crippen LogP contribution in [0.1, 0.15) is 16.1 Å². The number of carbonyl (C=O) groups excluding carboxylic acids is 1. The lowest BCUT2D eigenvalue weighted by Crippen LogP contribution is -2.17. The minimum Gasteiger partial charge on any atom is -0.463 e. The predicted octanol–water partition coefficient (Wildman–Crippen LogP) is 4.66. The van der Waals surface area contributed by atoms with Crippen LogP contribution in [0.15, 0.2) is 65.5 Å². The fourth-order valence-electron chi connectivity index (χ4n) is 2.86. The number of aliphatic hydroxyl groups is 1. The third-order valence-corrected chi connectivity index (χ3v) is 4.20. The highest BCUT2D eigenvalue weighted by Gasteiger charge is 2.31. The lowest BCUT2D eigenvalue weighted by Gasteiger charge is -2.10. The van der Waals surface area contributed by atoms with Crippen LogP contribution in [-0.2, 0) is 6.61 Å². The third-order valence-electron chi connectivity index (χ3n) is 4.20. The molecule has 11 heteroatoms. The normalized spacial score (nSPS) is 11.4. The van der Waals surface area contributed by atoms with E-state index in [2.05, 4.69) is 20.0 Å². The summed E-state index contributed by atoms with van der Waals surface area (Å²) in [5.41, 5.74) is 1.03. The second-order valence-corrected chi connectivity index (χ2v) is 6.44. The van der Waals surface area contributed by atoms with Crippen molar-refractivity contribution in [2.24, 2.45) is 0 Å². The van der Waals surface area contributed by atoms with E-state index in [4.69, 9.17) is 14.3 Å². The topological polar surface area (TPSA) is 107 Å². The van der Waals surface area contributed by atoms with Crippen molar-refractivity contribution in [1.82, 2.24) is 9.97 Å². The standard InChI is InChI=1S/C21H14F3N3O5/c22-21(23,24)32-15-3-1-2-12(6-15)27-20(29)17-10-30-18-8-14(4-5-16(17)18)31-19-7-13(9-28)25-11-26-19/h1-8,10-11,28H,9H2,(H,27,29). The van der Waals surface area contributed by atoms with Gasteiger partial charge in [0.1, 0.15) is 29.7 Å². The molecule has 0 spiro atoms. The van der Waals surface area contributed by atoms with Gasteiger partial charge in [-0.3, -0.25) is 4.79 Å². The molecule has 0 aliphatic carbocycles. The smallest absolute Gasteiger partial charge is 0.463 e. The molecule has 0 bridgehead atoms. The fourth-order valence-corrected chi connectivity index (χ4v) is 2.86. The lowest BCUT2D eigenvalue weighted by atomic mass is 10.1. The maximum absolute atomic E-state index is 12.6. The zero-order chi connectivity index (χ0) is 22.7. The van der Waals surface area contributed by atoms with E-state index in [1.807, 2.05) is 0 Å². The summed E-state index contributed by atoms with van der Waals surface area (Å²) in [6, 6.07) is 11.1. The summed E-state index contributed by atoms with van der Waals surface area (Å²) < 4.78 is 52.1. The van der Waals surface area contributed by atoms with Crippen molar-refractivity contribution in [3.63, 3.8) is 0 Å². The third kappa shape index (κ3) is 4.95. The van der Waals surface area contributed by atoms with Gasteiger partial charge in [0.2, 0.25) is 5.88 Å². The van der Waals surface area contributed by atoms with Crippen LogP contribution >= 0.6 is 0 Å². The zero-order valence-corrected chi connectivity index (χ0v) is 16.1. The molecule has 2 heterocycles. The maximum atomic E-state index is 12.6. The van der Waals surface area contributed by atoms with Crippen molar-refractivity contribution in [2.75, 3.05) is 5.32 Å². The lowest BCUT2D eigenvalue weighted by molar-refractivity contribution is -0.274. The second kappa shape index (κ2) is 8.55. The van der Waals surface area contributed by atoms with Gasteiger partial charge in [-0.1, -0.05) is 6.07 Å². The van der Waals surface area contributed by atoms with Crippen molar-refractivity contribution >= 4 is 22.6 Å². The van der Waals surface area contributed by atoms with Crippen LogP contribution in [0.25, 0.3) is 11.0 Å². The Bertz CT molecular complexity index is 1270. The average molecular weight is 445 g/mol. The molecule has 8 nitrogen and oxygen atoms in total. The molecular weight excluding hydrogens is 431 g/mol. The number of benzene rings is 2. The van der Waals surface area contributed by atoms with E-state index in [1.165, 1.54) is 30.8 Å². The molecule has 4 aromatic rings. The number of aliphatic hydroxyl groups excluding tert-OH is 1. The SMILES string of the molecule is O=C(Nc1cccc(OC(F)(F)F)c1)c1coc2cc(Oc3cc(CO)ncn3)ccc12. The van der Waals surface area contributed by atoms with Gasteiger partial charge in [-0.05, 0) is 24.3 Å². The molecule has 0 aliphatic rings. The Hall–Kier alpha value is -4.12. The minimum atomic E-state index is -4.84. The van der Waals surface area contributed by atoms with Crippen LogP contribution in [0.2, 0.25) is 0 Å². The number of rotatable bonds is 6. The number of hydrogen-bond donors (Lipinski definition) is 2. The van der Waals surface area contributed by atoms with Crippen molar-refractivity contribution in [2.45, 2.75) is 13.0 Å². The quantitative estimate of drug-likeness (QED) is 0.445. The number of anilines is 1. The number of carbonyl (C=O) groups is 1. The molecule has 32 heavy (non-hydrogen) atoms. The van der Waals surface area contributed by atoms with Gasteiger partial charge in [-0.25, -0.2) is 9.97 Å². The number of alkyl halides is 3. The number of nitrogens with one attached hydrogen (secondary N) is 1. The first-order valence-corrected chi connectivity index (χ1v) is 9.09. The number of fused-ring (bicyclic) bond motifs is 1. The van der Waals surface area contributed by atoms with Crippen LogP contribution in [0.5, 0.6) is 17.4 Å². The first-order chi connectivity index (χ1) is 15.3. The Morgan fingerprint density at radius 1 is 1.09 bits per heavy atom. The molecule has 0 radical (unpaired) electrons. The number of nitrogens with zero attached hydrogens (tertiary/aromatic N) is 2. The van der Waals surface area contributed by atoms with Crippen LogP contribution in [0.3, 0.4) is 0 Å². The Morgan fingerprint density at radius 2 is 1.94 bits per heavy atom. The van der Waals surface area contributed by atoms with E-state index < -0.39 is 18.0 Å². The summed E-state index contributed by atoms with van der Waals surface area (Å²) >= 11 is 0. The fraction of sp³-hybridized carbons (Fsp3) is 0.0952. The van der Waals surface area contributed by atoms with E-state index in [-0.39, 0.29) is 23.7 Å². The summed E-state index contributed by atoms with van der Waals surface area (Å²) in [7, 11) is 0. The van der Waals surface area contributed by atoms with E-state index in [1.54, 1.807) is 18.2 Å². The van der Waals surface area contributed by atoms with Gasteiger partial charge in [-0.15, -0.1) is 13.2 Å². The van der Waals surface area contributed by atoms with Gasteiger partial charge >= 0.3 is 6.36 Å². The number of halogens is 3. The Labute approximate surface area is 178 Å². The van der Waals surface area contributed by atoms with E-state index >= 15 is 0 Å². The number of hydrogen-bond acceptors (Lipinski definition) is 7. The van der Waals surface area contributed by atoms with Crippen LogP contribution in [-0.4, -0.2) is 27.3 Å². The molecule has 0 saturated heterocycles. The van der Waals surface area contributed by atoms with Crippen molar-refractivity contribution in [1.29, 1.82) is 0 Å². The first-order valence-electron chi connectivity index (χ1n) is 9.09. The van der Waals surface area contributed by atoms with E-state index in [0.717, 1.165) is 12.1 Å². The number of amides is 1. The summed E-state index contributed by atoms with van der Waals surface area (Å²) in [6.07, 6.45) is -2.35. The molecule has 2 N–H and O–H groups in total. The minimum absolute atomic E-state index is 0.120. The molecule has 0 atom stereocenters. The van der Waals surface area contributed by atoms with Crippen LogP contribution in [0, 0.1) is 0 Å². The highest BCUT2D eigenvalue weighted by Crippen LogP contribution is 2.29. The van der Waals surface area contributed by atoms with Gasteiger partial charge in [0, 0.05) is 29.3 Å². The summed E-state index contributed by atoms with van der Waals surface area (Å²) in [4.78, 5) is 20.4. The molecule has 2 aromatic heterocycles. The van der Waals surface area contributed by atoms with Gasteiger partial charge < -0.3 is 24.3 Å². The van der Waals surface area contributed by atoms with Gasteiger partial charge in [0.25, 0.3) is 5.91 Å². The van der Waals surface area contributed by atoms with Gasteiger partial charge in [0.05, 0.1) is 17.9 Å². The van der Waals surface area contributed by atoms with Crippen LogP contribution < -0.4 is 14.8 Å².